The van der Waals surface area contributed by atoms with Crippen LogP contribution in [0, 0.1) is 5.92 Å². The summed E-state index contributed by atoms with van der Waals surface area (Å²) in [5.74, 6) is 0.425. The molecule has 7 heteroatoms. The standard InChI is InChI=1S/C21H22N2O5/c1-2-27-16-9-7-15(8-10-16)23-19(24)12-18(21(23)26)22(20(25)14-5-6-14)13-17-4-3-11-28-17/h3-4,7-11,14,18H,2,5-6,12-13H2,1H3. The molecule has 1 saturated heterocycles. The molecule has 0 N–H and O–H groups in total. The van der Waals surface area contributed by atoms with Gasteiger partial charge in [-0.1, -0.05) is 0 Å². The number of carbonyl (C=O) groups excluding carboxylic acids is 3. The van der Waals surface area contributed by atoms with Gasteiger partial charge in [-0.2, -0.15) is 0 Å². The number of benzene rings is 1. The van der Waals surface area contributed by atoms with E-state index in [2.05, 4.69) is 0 Å². The van der Waals surface area contributed by atoms with E-state index >= 15 is 0 Å². The number of hydrogen-bond acceptors (Lipinski definition) is 5. The largest absolute Gasteiger partial charge is 0.494 e. The molecule has 1 aromatic carbocycles. The van der Waals surface area contributed by atoms with Crippen LogP contribution in [0.5, 0.6) is 5.75 Å². The number of anilines is 1. The topological polar surface area (TPSA) is 80.1 Å². The first kappa shape index (κ1) is 18.3. The third kappa shape index (κ3) is 3.52. The molecule has 1 unspecified atom stereocenters. The molecule has 7 nitrogen and oxygen atoms in total. The minimum Gasteiger partial charge on any atom is -0.494 e. The average Bonchev–Trinajstić information content (AvgIpc) is 3.34. The van der Waals surface area contributed by atoms with Crippen LogP contribution in [0.2, 0.25) is 0 Å². The molecule has 3 amide bonds. The average molecular weight is 382 g/mol. The van der Waals surface area contributed by atoms with Crippen LogP contribution in [0.25, 0.3) is 0 Å². The second kappa shape index (κ2) is 7.50. The normalized spacial score (nSPS) is 19.2. The summed E-state index contributed by atoms with van der Waals surface area (Å²) in [6, 6.07) is 9.51. The number of amides is 3. The van der Waals surface area contributed by atoms with Crippen molar-refractivity contribution in [2.45, 2.75) is 38.8 Å². The zero-order chi connectivity index (χ0) is 19.7. The first-order valence-corrected chi connectivity index (χ1v) is 9.51. The lowest BCUT2D eigenvalue weighted by Gasteiger charge is -2.27. The Bertz CT molecular complexity index is 871. The van der Waals surface area contributed by atoms with Gasteiger partial charge in [0, 0.05) is 5.92 Å². The second-order valence-electron chi connectivity index (χ2n) is 7.03. The molecule has 1 aromatic heterocycles. The van der Waals surface area contributed by atoms with Crippen molar-refractivity contribution in [3.05, 3.63) is 48.4 Å². The first-order valence-electron chi connectivity index (χ1n) is 9.51. The molecule has 4 rings (SSSR count). The highest BCUT2D eigenvalue weighted by Gasteiger charge is 2.47. The highest BCUT2D eigenvalue weighted by Crippen LogP contribution is 2.35. The Kier molecular flexibility index (Phi) is 4.90. The van der Waals surface area contributed by atoms with Crippen LogP contribution in [0.3, 0.4) is 0 Å². The molecule has 0 spiro atoms. The first-order chi connectivity index (χ1) is 13.6. The van der Waals surface area contributed by atoms with Crippen molar-refractivity contribution in [1.29, 1.82) is 0 Å². The lowest BCUT2D eigenvalue weighted by molar-refractivity contribution is -0.140. The van der Waals surface area contributed by atoms with E-state index in [4.69, 9.17) is 9.15 Å². The second-order valence-corrected chi connectivity index (χ2v) is 7.03. The summed E-state index contributed by atoms with van der Waals surface area (Å²) in [5, 5.41) is 0. The fraction of sp³-hybridized carbons (Fsp3) is 0.381. The van der Waals surface area contributed by atoms with Crippen molar-refractivity contribution < 1.29 is 23.5 Å². The Morgan fingerprint density at radius 1 is 1.21 bits per heavy atom. The van der Waals surface area contributed by atoms with E-state index < -0.39 is 6.04 Å². The van der Waals surface area contributed by atoms with Crippen LogP contribution in [-0.4, -0.2) is 35.3 Å². The lowest BCUT2D eigenvalue weighted by Crippen LogP contribution is -2.45. The van der Waals surface area contributed by atoms with Gasteiger partial charge in [-0.25, -0.2) is 4.90 Å². The van der Waals surface area contributed by atoms with Crippen LogP contribution >= 0.6 is 0 Å². The Morgan fingerprint density at radius 3 is 2.57 bits per heavy atom. The predicted octanol–water partition coefficient (Wildman–Crippen LogP) is 2.75. The summed E-state index contributed by atoms with van der Waals surface area (Å²) in [6.45, 7) is 2.60. The van der Waals surface area contributed by atoms with E-state index in [9.17, 15) is 14.4 Å². The van der Waals surface area contributed by atoms with Gasteiger partial charge in [0.1, 0.15) is 17.6 Å². The van der Waals surface area contributed by atoms with Crippen LogP contribution in [-0.2, 0) is 20.9 Å². The highest BCUT2D eigenvalue weighted by molar-refractivity contribution is 6.23. The van der Waals surface area contributed by atoms with Gasteiger partial charge in [0.15, 0.2) is 0 Å². The maximum atomic E-state index is 13.1. The summed E-state index contributed by atoms with van der Waals surface area (Å²) in [7, 11) is 0. The van der Waals surface area contributed by atoms with Gasteiger partial charge in [0.2, 0.25) is 11.8 Å². The molecule has 2 aromatic rings. The van der Waals surface area contributed by atoms with Crippen molar-refractivity contribution in [3.63, 3.8) is 0 Å². The minimum absolute atomic E-state index is 0.0226. The molecule has 0 radical (unpaired) electrons. The van der Waals surface area contributed by atoms with Gasteiger partial charge in [-0.15, -0.1) is 0 Å². The van der Waals surface area contributed by atoms with Crippen LogP contribution in [0.1, 0.15) is 31.9 Å². The molecule has 0 bridgehead atoms. The Labute approximate surface area is 162 Å². The quantitative estimate of drug-likeness (QED) is 0.688. The fourth-order valence-corrected chi connectivity index (χ4v) is 3.47. The van der Waals surface area contributed by atoms with E-state index in [1.54, 1.807) is 36.4 Å². The van der Waals surface area contributed by atoms with Crippen molar-refractivity contribution in [2.75, 3.05) is 11.5 Å². The molecule has 2 aliphatic rings. The molecule has 1 aliphatic heterocycles. The predicted molar refractivity (Wildman–Crippen MR) is 100 cm³/mol. The van der Waals surface area contributed by atoms with Crippen molar-refractivity contribution in [2.24, 2.45) is 5.92 Å². The van der Waals surface area contributed by atoms with Crippen molar-refractivity contribution >= 4 is 23.4 Å². The Balaban J connectivity index is 1.57. The van der Waals surface area contributed by atoms with Crippen LogP contribution < -0.4 is 9.64 Å². The summed E-state index contributed by atoms with van der Waals surface area (Å²) >= 11 is 0. The minimum atomic E-state index is -0.808. The van der Waals surface area contributed by atoms with E-state index in [0.717, 1.165) is 17.7 Å². The SMILES string of the molecule is CCOc1ccc(N2C(=O)CC(N(Cc3ccco3)C(=O)C3CC3)C2=O)cc1. The zero-order valence-electron chi connectivity index (χ0n) is 15.7. The molecule has 2 fully saturated rings. The van der Waals surface area contributed by atoms with Crippen LogP contribution in [0.4, 0.5) is 5.69 Å². The summed E-state index contributed by atoms with van der Waals surface area (Å²) in [5.41, 5.74) is 0.484. The summed E-state index contributed by atoms with van der Waals surface area (Å²) in [6.07, 6.45) is 3.16. The van der Waals surface area contributed by atoms with Gasteiger partial charge >= 0.3 is 0 Å². The van der Waals surface area contributed by atoms with Gasteiger partial charge in [0.25, 0.3) is 5.91 Å². The van der Waals surface area contributed by atoms with E-state index in [1.807, 2.05) is 6.92 Å². The Hall–Kier alpha value is -3.09. The molecule has 146 valence electrons. The summed E-state index contributed by atoms with van der Waals surface area (Å²) < 4.78 is 10.8. The number of furan rings is 1. The molecule has 28 heavy (non-hydrogen) atoms. The molecular formula is C21H22N2O5. The fourth-order valence-electron chi connectivity index (χ4n) is 3.47. The highest BCUT2D eigenvalue weighted by atomic mass is 16.5. The van der Waals surface area contributed by atoms with Crippen molar-refractivity contribution in [1.82, 2.24) is 4.90 Å². The maximum Gasteiger partial charge on any atom is 0.257 e. The monoisotopic (exact) mass is 382 g/mol. The van der Waals surface area contributed by atoms with Gasteiger partial charge in [0.05, 0.1) is 31.5 Å². The third-order valence-electron chi connectivity index (χ3n) is 5.02. The molecule has 1 saturated carbocycles. The van der Waals surface area contributed by atoms with E-state index in [0.29, 0.717) is 23.8 Å². The van der Waals surface area contributed by atoms with E-state index in [-0.39, 0.29) is 36.6 Å². The molecule has 1 atom stereocenters. The molecular weight excluding hydrogens is 360 g/mol. The number of rotatable bonds is 7. The number of carbonyl (C=O) groups is 3. The van der Waals surface area contributed by atoms with Crippen molar-refractivity contribution in [3.8, 4) is 5.75 Å². The van der Waals surface area contributed by atoms with Gasteiger partial charge in [-0.05, 0) is 56.2 Å². The molecule has 2 heterocycles. The number of hydrogen-bond donors (Lipinski definition) is 0. The lowest BCUT2D eigenvalue weighted by atomic mass is 10.1. The smallest absolute Gasteiger partial charge is 0.257 e. The van der Waals surface area contributed by atoms with Gasteiger partial charge < -0.3 is 14.1 Å². The number of ether oxygens (including phenoxy) is 1. The number of imide groups is 1. The maximum absolute atomic E-state index is 13.1. The van der Waals surface area contributed by atoms with E-state index in [1.165, 1.54) is 11.2 Å². The third-order valence-corrected chi connectivity index (χ3v) is 5.02. The molecule has 1 aliphatic carbocycles. The van der Waals surface area contributed by atoms with Gasteiger partial charge in [-0.3, -0.25) is 14.4 Å². The summed E-state index contributed by atoms with van der Waals surface area (Å²) in [4.78, 5) is 41.2. The Morgan fingerprint density at radius 2 is 1.96 bits per heavy atom. The zero-order valence-corrected chi connectivity index (χ0v) is 15.7. The van der Waals surface area contributed by atoms with Crippen LogP contribution in [0.15, 0.2) is 47.1 Å². The number of nitrogens with zero attached hydrogens (tertiary/aromatic N) is 2.